The highest BCUT2D eigenvalue weighted by atomic mass is 32.1. The summed E-state index contributed by atoms with van der Waals surface area (Å²) in [6, 6.07) is 11.5. The number of benzene rings is 2. The van der Waals surface area contributed by atoms with Gasteiger partial charge in [-0.3, -0.25) is 4.79 Å². The van der Waals surface area contributed by atoms with Gasteiger partial charge in [-0.25, -0.2) is 19.3 Å². The molecule has 4 aromatic rings. The number of thiazole rings is 1. The van der Waals surface area contributed by atoms with E-state index in [-0.39, 0.29) is 30.8 Å². The number of carboxylic acids is 1. The zero-order valence-electron chi connectivity index (χ0n) is 22.9. The summed E-state index contributed by atoms with van der Waals surface area (Å²) in [6.07, 6.45) is -1.46. The molecule has 2 heterocycles. The Kier molecular flexibility index (Phi) is 7.70. The smallest absolute Gasteiger partial charge is 0.433 e. The van der Waals surface area contributed by atoms with E-state index in [4.69, 9.17) is 5.26 Å². The highest BCUT2D eigenvalue weighted by Crippen LogP contribution is 2.51. The van der Waals surface area contributed by atoms with Crippen LogP contribution in [-0.4, -0.2) is 31.1 Å². The molecule has 1 saturated carbocycles. The predicted molar refractivity (Wildman–Crippen MR) is 151 cm³/mol. The minimum atomic E-state index is -4.68. The number of hydrogen-bond donors (Lipinski definition) is 3. The van der Waals surface area contributed by atoms with Crippen molar-refractivity contribution >= 4 is 28.9 Å². The first-order valence-electron chi connectivity index (χ1n) is 13.1. The molecule has 0 saturated heterocycles. The lowest BCUT2D eigenvalue weighted by molar-refractivity contribution is -0.154. The molecule has 2 aromatic heterocycles. The van der Waals surface area contributed by atoms with Gasteiger partial charge in [0, 0.05) is 18.1 Å². The van der Waals surface area contributed by atoms with Crippen LogP contribution < -0.4 is 5.32 Å². The van der Waals surface area contributed by atoms with Crippen molar-refractivity contribution in [1.29, 1.82) is 5.26 Å². The predicted octanol–water partition coefficient (Wildman–Crippen LogP) is 7.14. The molecule has 0 spiro atoms. The van der Waals surface area contributed by atoms with E-state index in [0.717, 1.165) is 12.3 Å². The van der Waals surface area contributed by atoms with Gasteiger partial charge in [-0.15, -0.1) is 11.3 Å². The second kappa shape index (κ2) is 11.0. The molecular formula is C30H25F4N5O3S. The molecule has 2 aromatic carbocycles. The maximum absolute atomic E-state index is 14.5. The number of aliphatic hydroxyl groups is 1. The summed E-state index contributed by atoms with van der Waals surface area (Å²) in [5.74, 6) is -2.56. The van der Waals surface area contributed by atoms with E-state index >= 15 is 0 Å². The normalized spacial score (nSPS) is 19.9. The molecule has 0 unspecified atom stereocenters. The number of aliphatic carboxylic acids is 1. The van der Waals surface area contributed by atoms with Gasteiger partial charge < -0.3 is 15.5 Å². The van der Waals surface area contributed by atoms with Crippen LogP contribution in [0.4, 0.5) is 29.2 Å². The highest BCUT2D eigenvalue weighted by molar-refractivity contribution is 7.15. The fourth-order valence-corrected chi connectivity index (χ4v) is 6.52. The van der Waals surface area contributed by atoms with Crippen molar-refractivity contribution in [2.24, 2.45) is 11.3 Å². The number of nitrogens with zero attached hydrogens (tertiary/aromatic N) is 4. The molecule has 2 atom stereocenters. The maximum atomic E-state index is 14.5. The number of nitrogens with one attached hydrogen (secondary N) is 1. The van der Waals surface area contributed by atoms with E-state index in [1.165, 1.54) is 23.5 Å². The molecule has 3 N–H and O–H groups in total. The quantitative estimate of drug-likeness (QED) is 0.196. The zero-order chi connectivity index (χ0) is 31.2. The first-order chi connectivity index (χ1) is 20.2. The Bertz CT molecular complexity index is 1750. The van der Waals surface area contributed by atoms with Gasteiger partial charge in [0.25, 0.3) is 0 Å². The van der Waals surface area contributed by atoms with Crippen LogP contribution in [0.3, 0.4) is 0 Å². The Hall–Kier alpha value is -4.41. The Balaban J connectivity index is 1.55. The van der Waals surface area contributed by atoms with E-state index in [9.17, 15) is 32.6 Å². The zero-order valence-corrected chi connectivity index (χ0v) is 23.7. The maximum Gasteiger partial charge on any atom is 0.433 e. The van der Waals surface area contributed by atoms with Crippen molar-refractivity contribution < 1.29 is 32.6 Å². The van der Waals surface area contributed by atoms with E-state index in [1.54, 1.807) is 50.4 Å². The largest absolute Gasteiger partial charge is 0.481 e. The van der Waals surface area contributed by atoms with Crippen molar-refractivity contribution in [2.45, 2.75) is 44.9 Å². The SMILES string of the molecule is CC1(C)C[C@@](O)(c2ncc(-c3cc(Nc4nccc(C(F)(F)F)n4)cc(-c4ccc(C#N)c(F)c4)c3)s2)CC[C@@H]1C(=O)O. The van der Waals surface area contributed by atoms with E-state index in [2.05, 4.69) is 20.3 Å². The average molecular weight is 612 g/mol. The standard InChI is InChI=1S/C30H25F4N5O3S/c1-28(2)15-29(42,7-5-21(28)25(40)41)26-37-14-23(43-26)19-9-18(16-3-4-17(13-35)22(31)12-16)10-20(11-19)38-27-36-8-6-24(39-27)30(32,33)34/h3-4,6,8-12,14,21,42H,5,7,15H2,1-2H3,(H,40,41)(H,36,38,39)/t21-,29-/m1/s1. The number of nitriles is 1. The molecule has 8 nitrogen and oxygen atoms in total. The molecule has 13 heteroatoms. The fraction of sp³-hybridized carbons (Fsp3) is 0.300. The Morgan fingerprint density at radius 1 is 1.12 bits per heavy atom. The van der Waals surface area contributed by atoms with Crippen molar-refractivity contribution in [2.75, 3.05) is 5.32 Å². The van der Waals surface area contributed by atoms with Gasteiger partial charge in [0.05, 0.1) is 16.4 Å². The minimum absolute atomic E-state index is 0.142. The Morgan fingerprint density at radius 3 is 2.51 bits per heavy atom. The van der Waals surface area contributed by atoms with Crippen LogP contribution in [0.5, 0.6) is 0 Å². The number of anilines is 2. The van der Waals surface area contributed by atoms with Crippen LogP contribution >= 0.6 is 11.3 Å². The summed E-state index contributed by atoms with van der Waals surface area (Å²) >= 11 is 1.20. The van der Waals surface area contributed by atoms with E-state index in [1.807, 2.05) is 0 Å². The lowest BCUT2D eigenvalue weighted by atomic mass is 9.63. The lowest BCUT2D eigenvalue weighted by Gasteiger charge is -2.44. The third kappa shape index (κ3) is 6.21. The van der Waals surface area contributed by atoms with Gasteiger partial charge in [-0.2, -0.15) is 18.4 Å². The van der Waals surface area contributed by atoms with Crippen LogP contribution in [0.1, 0.15) is 49.4 Å². The van der Waals surface area contributed by atoms with Crippen molar-refractivity contribution in [1.82, 2.24) is 15.0 Å². The van der Waals surface area contributed by atoms with Crippen LogP contribution in [-0.2, 0) is 16.6 Å². The summed E-state index contributed by atoms with van der Waals surface area (Å²) in [4.78, 5) is 24.3. The lowest BCUT2D eigenvalue weighted by Crippen LogP contribution is -2.44. The molecule has 222 valence electrons. The number of halogens is 4. The average Bonchev–Trinajstić information content (AvgIpc) is 3.43. The van der Waals surface area contributed by atoms with Crippen LogP contribution in [0.2, 0.25) is 0 Å². The number of carboxylic acid groups (broad SMARTS) is 1. The second-order valence-corrected chi connectivity index (χ2v) is 12.2. The third-order valence-electron chi connectivity index (χ3n) is 7.58. The second-order valence-electron chi connectivity index (χ2n) is 11.1. The number of hydrogen-bond acceptors (Lipinski definition) is 8. The fourth-order valence-electron chi connectivity index (χ4n) is 5.50. The van der Waals surface area contributed by atoms with E-state index < -0.39 is 40.6 Å². The summed E-state index contributed by atoms with van der Waals surface area (Å²) in [7, 11) is 0. The number of aromatic nitrogens is 3. The van der Waals surface area contributed by atoms with Gasteiger partial charge in [0.1, 0.15) is 28.2 Å². The van der Waals surface area contributed by atoms with Crippen molar-refractivity contribution in [3.8, 4) is 27.6 Å². The molecule has 1 aliphatic rings. The molecule has 43 heavy (non-hydrogen) atoms. The molecule has 0 radical (unpaired) electrons. The van der Waals surface area contributed by atoms with Crippen molar-refractivity contribution in [3.63, 3.8) is 0 Å². The van der Waals surface area contributed by atoms with E-state index in [0.29, 0.717) is 32.3 Å². The summed E-state index contributed by atoms with van der Waals surface area (Å²) in [6.45, 7) is 3.61. The van der Waals surface area contributed by atoms with Gasteiger partial charge in [-0.1, -0.05) is 19.9 Å². The monoisotopic (exact) mass is 611 g/mol. The first-order valence-corrected chi connectivity index (χ1v) is 13.9. The molecule has 1 aliphatic carbocycles. The number of alkyl halides is 3. The van der Waals surface area contributed by atoms with Crippen LogP contribution in [0, 0.1) is 28.5 Å². The third-order valence-corrected chi connectivity index (χ3v) is 8.82. The molecular weight excluding hydrogens is 586 g/mol. The minimum Gasteiger partial charge on any atom is -0.481 e. The van der Waals surface area contributed by atoms with Gasteiger partial charge in [-0.05, 0) is 77.8 Å². The van der Waals surface area contributed by atoms with Crippen LogP contribution in [0.25, 0.3) is 21.6 Å². The molecule has 0 aliphatic heterocycles. The van der Waals surface area contributed by atoms with Crippen molar-refractivity contribution in [3.05, 3.63) is 76.9 Å². The Labute approximate surface area is 247 Å². The Morgan fingerprint density at radius 2 is 1.86 bits per heavy atom. The molecule has 5 rings (SSSR count). The molecule has 0 bridgehead atoms. The van der Waals surface area contributed by atoms with Crippen LogP contribution in [0.15, 0.2) is 54.9 Å². The molecule has 1 fully saturated rings. The highest BCUT2D eigenvalue weighted by Gasteiger charge is 2.49. The number of rotatable bonds is 6. The van der Waals surface area contributed by atoms with Gasteiger partial charge in [0.15, 0.2) is 0 Å². The van der Waals surface area contributed by atoms with Gasteiger partial charge in [0.2, 0.25) is 5.95 Å². The number of carbonyl (C=O) groups is 1. The topological polar surface area (TPSA) is 132 Å². The summed E-state index contributed by atoms with van der Waals surface area (Å²) in [5.41, 5.74) is -1.56. The summed E-state index contributed by atoms with van der Waals surface area (Å²) in [5, 5.41) is 33.5. The summed E-state index contributed by atoms with van der Waals surface area (Å²) < 4.78 is 54.2. The molecule has 0 amide bonds. The van der Waals surface area contributed by atoms with Gasteiger partial charge >= 0.3 is 12.1 Å². The first kappa shape index (κ1) is 30.1.